The minimum absolute atomic E-state index is 0.127. The Morgan fingerprint density at radius 3 is 2.57 bits per heavy atom. The number of amides is 1. The number of anilines is 1. The van der Waals surface area contributed by atoms with Gasteiger partial charge in [-0.2, -0.15) is 5.10 Å². The lowest BCUT2D eigenvalue weighted by Gasteiger charge is -2.10. The summed E-state index contributed by atoms with van der Waals surface area (Å²) < 4.78 is 27.4. The summed E-state index contributed by atoms with van der Waals surface area (Å²) in [4.78, 5) is 12.5. The molecule has 2 aromatic carbocycles. The monoisotopic (exact) mass is 453 g/mol. The van der Waals surface area contributed by atoms with Gasteiger partial charge >= 0.3 is 0 Å². The molecule has 10 heteroatoms. The summed E-state index contributed by atoms with van der Waals surface area (Å²) in [6, 6.07) is 14.2. The van der Waals surface area contributed by atoms with Gasteiger partial charge in [-0.15, -0.1) is 11.3 Å². The number of hydrogen-bond acceptors (Lipinski definition) is 5. The molecule has 0 bridgehead atoms. The van der Waals surface area contributed by atoms with Crippen LogP contribution in [0.1, 0.15) is 15.9 Å². The van der Waals surface area contributed by atoms with E-state index >= 15 is 0 Å². The predicted octanol–water partition coefficient (Wildman–Crippen LogP) is 4.62. The number of para-hydroxylation sites is 1. The predicted molar refractivity (Wildman–Crippen MR) is 113 cm³/mol. The van der Waals surface area contributed by atoms with Gasteiger partial charge in [0.15, 0.2) is 0 Å². The molecule has 0 saturated heterocycles. The fourth-order valence-electron chi connectivity index (χ4n) is 2.21. The van der Waals surface area contributed by atoms with Crippen molar-refractivity contribution in [2.24, 2.45) is 5.10 Å². The maximum absolute atomic E-state index is 12.5. The molecule has 1 aromatic heterocycles. The molecular formula is C18H13Cl2N3O3S2. The zero-order valence-electron chi connectivity index (χ0n) is 14.1. The number of nitrogens with zero attached hydrogens (tertiary/aromatic N) is 1. The van der Waals surface area contributed by atoms with E-state index in [1.165, 1.54) is 24.4 Å². The maximum atomic E-state index is 12.5. The van der Waals surface area contributed by atoms with Gasteiger partial charge in [0.2, 0.25) is 0 Å². The van der Waals surface area contributed by atoms with Crippen molar-refractivity contribution in [1.29, 1.82) is 0 Å². The van der Waals surface area contributed by atoms with E-state index in [2.05, 4.69) is 15.2 Å². The first-order valence-electron chi connectivity index (χ1n) is 7.80. The van der Waals surface area contributed by atoms with Gasteiger partial charge in [0.1, 0.15) is 4.21 Å². The second-order valence-electron chi connectivity index (χ2n) is 5.45. The van der Waals surface area contributed by atoms with E-state index in [4.69, 9.17) is 23.2 Å². The molecule has 1 heterocycles. The van der Waals surface area contributed by atoms with E-state index in [-0.39, 0.29) is 15.5 Å². The lowest BCUT2D eigenvalue weighted by Crippen LogP contribution is -2.21. The summed E-state index contributed by atoms with van der Waals surface area (Å²) in [5.41, 5.74) is 3.20. The summed E-state index contributed by atoms with van der Waals surface area (Å²) in [5, 5.41) is 6.39. The normalized spacial score (nSPS) is 11.5. The Bertz CT molecular complexity index is 1130. The van der Waals surface area contributed by atoms with E-state index in [1.54, 1.807) is 41.8 Å². The largest absolute Gasteiger partial charge is 0.278 e. The molecule has 0 unspecified atom stereocenters. The highest BCUT2D eigenvalue weighted by molar-refractivity contribution is 7.94. The molecule has 6 nitrogen and oxygen atoms in total. The quantitative estimate of drug-likeness (QED) is 0.421. The lowest BCUT2D eigenvalue weighted by atomic mass is 10.2. The number of benzene rings is 2. The van der Waals surface area contributed by atoms with Gasteiger partial charge in [0.05, 0.1) is 22.5 Å². The molecule has 1 amide bonds. The lowest BCUT2D eigenvalue weighted by molar-refractivity contribution is 0.0956. The molecule has 0 fully saturated rings. The SMILES string of the molecule is O=C(N/N=C/c1ccc(Cl)cc1Cl)c1ccccc1NS(=O)(=O)c1cccs1. The van der Waals surface area contributed by atoms with Crippen LogP contribution in [-0.4, -0.2) is 20.5 Å². The van der Waals surface area contributed by atoms with Gasteiger partial charge in [-0.1, -0.05) is 47.5 Å². The number of carbonyl (C=O) groups is 1. The number of hydrazone groups is 1. The molecule has 0 radical (unpaired) electrons. The van der Waals surface area contributed by atoms with Crippen molar-refractivity contribution in [3.8, 4) is 0 Å². The van der Waals surface area contributed by atoms with Crippen LogP contribution in [0.15, 0.2) is 69.3 Å². The van der Waals surface area contributed by atoms with Crippen LogP contribution in [0.3, 0.4) is 0 Å². The Balaban J connectivity index is 1.77. The van der Waals surface area contributed by atoms with Crippen LogP contribution in [-0.2, 0) is 10.0 Å². The maximum Gasteiger partial charge on any atom is 0.273 e. The first kappa shape index (κ1) is 20.3. The Kier molecular flexibility index (Phi) is 6.35. The average molecular weight is 454 g/mol. The first-order chi connectivity index (χ1) is 13.4. The molecule has 0 spiro atoms. The number of hydrogen-bond donors (Lipinski definition) is 2. The Labute approximate surface area is 175 Å². The van der Waals surface area contributed by atoms with E-state index in [1.807, 2.05) is 0 Å². The summed E-state index contributed by atoms with van der Waals surface area (Å²) in [6.45, 7) is 0. The number of carbonyl (C=O) groups excluding carboxylic acids is 1. The minimum atomic E-state index is -3.78. The molecule has 0 aliphatic heterocycles. The van der Waals surface area contributed by atoms with E-state index in [0.29, 0.717) is 15.6 Å². The number of halogens is 2. The van der Waals surface area contributed by atoms with Crippen molar-refractivity contribution in [1.82, 2.24) is 5.43 Å². The van der Waals surface area contributed by atoms with Crippen LogP contribution >= 0.6 is 34.5 Å². The van der Waals surface area contributed by atoms with Crippen LogP contribution in [0.4, 0.5) is 5.69 Å². The Morgan fingerprint density at radius 2 is 1.86 bits per heavy atom. The topological polar surface area (TPSA) is 87.6 Å². The smallest absolute Gasteiger partial charge is 0.273 e. The van der Waals surface area contributed by atoms with Crippen LogP contribution < -0.4 is 10.1 Å². The molecule has 144 valence electrons. The number of sulfonamides is 1. The van der Waals surface area contributed by atoms with Gasteiger partial charge in [0.25, 0.3) is 15.9 Å². The Morgan fingerprint density at radius 1 is 1.07 bits per heavy atom. The van der Waals surface area contributed by atoms with E-state index in [0.717, 1.165) is 11.3 Å². The van der Waals surface area contributed by atoms with Gasteiger partial charge in [-0.05, 0) is 35.7 Å². The standard InChI is InChI=1S/C18H13Cl2N3O3S2/c19-13-8-7-12(15(20)10-13)11-21-22-18(24)14-4-1-2-5-16(14)23-28(25,26)17-6-3-9-27-17/h1-11,23H,(H,22,24)/b21-11+. The second-order valence-corrected chi connectivity index (χ2v) is 9.15. The van der Waals surface area contributed by atoms with Gasteiger partial charge in [-0.3, -0.25) is 9.52 Å². The average Bonchev–Trinajstić information content (AvgIpc) is 3.19. The second kappa shape index (κ2) is 8.74. The van der Waals surface area contributed by atoms with Gasteiger partial charge in [-0.25, -0.2) is 13.8 Å². The highest BCUT2D eigenvalue weighted by atomic mass is 35.5. The molecule has 3 aromatic rings. The van der Waals surface area contributed by atoms with E-state index in [9.17, 15) is 13.2 Å². The third-order valence-electron chi connectivity index (χ3n) is 3.51. The third kappa shape index (κ3) is 4.90. The highest BCUT2D eigenvalue weighted by Gasteiger charge is 2.19. The molecule has 0 saturated carbocycles. The zero-order chi connectivity index (χ0) is 20.1. The summed E-state index contributed by atoms with van der Waals surface area (Å²) in [7, 11) is -3.78. The first-order valence-corrected chi connectivity index (χ1v) is 10.9. The van der Waals surface area contributed by atoms with Crippen molar-refractivity contribution in [3.05, 3.63) is 81.1 Å². The highest BCUT2D eigenvalue weighted by Crippen LogP contribution is 2.23. The van der Waals surface area contributed by atoms with Crippen molar-refractivity contribution >= 4 is 62.4 Å². The summed E-state index contributed by atoms with van der Waals surface area (Å²) >= 11 is 13.0. The molecule has 0 aliphatic rings. The van der Waals surface area contributed by atoms with Crippen LogP contribution in [0.2, 0.25) is 10.0 Å². The van der Waals surface area contributed by atoms with Crippen molar-refractivity contribution in [2.45, 2.75) is 4.21 Å². The fraction of sp³-hybridized carbons (Fsp3) is 0. The molecule has 28 heavy (non-hydrogen) atoms. The third-order valence-corrected chi connectivity index (χ3v) is 6.83. The van der Waals surface area contributed by atoms with Crippen LogP contribution in [0.25, 0.3) is 0 Å². The molecular weight excluding hydrogens is 441 g/mol. The van der Waals surface area contributed by atoms with Gasteiger partial charge in [0, 0.05) is 10.6 Å². The van der Waals surface area contributed by atoms with Crippen LogP contribution in [0, 0.1) is 0 Å². The number of nitrogens with one attached hydrogen (secondary N) is 2. The molecule has 0 aliphatic carbocycles. The van der Waals surface area contributed by atoms with Gasteiger partial charge < -0.3 is 0 Å². The molecule has 0 atom stereocenters. The van der Waals surface area contributed by atoms with Crippen LogP contribution in [0.5, 0.6) is 0 Å². The fourth-order valence-corrected chi connectivity index (χ4v) is 4.74. The van der Waals surface area contributed by atoms with Crippen molar-refractivity contribution in [3.63, 3.8) is 0 Å². The molecule has 3 rings (SSSR count). The molecule has 2 N–H and O–H groups in total. The zero-order valence-corrected chi connectivity index (χ0v) is 17.2. The number of thiophene rings is 1. The Hall–Kier alpha value is -2.39. The summed E-state index contributed by atoms with van der Waals surface area (Å²) in [5.74, 6) is -0.578. The van der Waals surface area contributed by atoms with E-state index < -0.39 is 15.9 Å². The summed E-state index contributed by atoms with van der Waals surface area (Å²) in [6.07, 6.45) is 1.37. The minimum Gasteiger partial charge on any atom is -0.278 e. The van der Waals surface area contributed by atoms with Crippen molar-refractivity contribution in [2.75, 3.05) is 4.72 Å². The van der Waals surface area contributed by atoms with Crippen molar-refractivity contribution < 1.29 is 13.2 Å². The number of rotatable bonds is 6.